The zero-order valence-electron chi connectivity index (χ0n) is 9.15. The first-order valence-electron chi connectivity index (χ1n) is 5.67. The Morgan fingerprint density at radius 3 is 2.69 bits per heavy atom. The fraction of sp³-hybridized carbons (Fsp3) is 0.727. The molecule has 1 aliphatic carbocycles. The van der Waals surface area contributed by atoms with Crippen molar-refractivity contribution in [3.05, 3.63) is 12.3 Å². The second-order valence-corrected chi connectivity index (χ2v) is 4.42. The molecule has 2 aliphatic rings. The molecule has 1 unspecified atom stereocenters. The van der Waals surface area contributed by atoms with Crippen molar-refractivity contribution < 1.29 is 8.78 Å². The van der Waals surface area contributed by atoms with Crippen LogP contribution < -0.4 is 5.73 Å². The first-order valence-corrected chi connectivity index (χ1v) is 5.67. The van der Waals surface area contributed by atoms with E-state index in [9.17, 15) is 8.78 Å². The third-order valence-electron chi connectivity index (χ3n) is 3.12. The summed E-state index contributed by atoms with van der Waals surface area (Å²) in [6.45, 7) is 0.866. The largest absolute Gasteiger partial charge is 0.354 e. The summed E-state index contributed by atoms with van der Waals surface area (Å²) in [6, 6.07) is 0.242. The lowest BCUT2D eigenvalue weighted by molar-refractivity contribution is 0.219. The molecule has 3 nitrogen and oxygen atoms in total. The van der Waals surface area contributed by atoms with Crippen molar-refractivity contribution in [1.82, 2.24) is 4.90 Å². The van der Waals surface area contributed by atoms with Crippen LogP contribution >= 0.6 is 0 Å². The van der Waals surface area contributed by atoms with Crippen LogP contribution in [0.5, 0.6) is 0 Å². The Hall–Kier alpha value is -0.970. The van der Waals surface area contributed by atoms with E-state index >= 15 is 0 Å². The van der Waals surface area contributed by atoms with Crippen molar-refractivity contribution in [2.45, 2.75) is 31.7 Å². The Morgan fingerprint density at radius 1 is 1.50 bits per heavy atom. The molecule has 2 rings (SSSR count). The molecule has 0 bridgehead atoms. The quantitative estimate of drug-likeness (QED) is 0.778. The minimum atomic E-state index is -2.47. The first-order chi connectivity index (χ1) is 7.70. The summed E-state index contributed by atoms with van der Waals surface area (Å²) >= 11 is 0. The van der Waals surface area contributed by atoms with Crippen LogP contribution in [0.1, 0.15) is 19.3 Å². The van der Waals surface area contributed by atoms with Crippen LogP contribution in [-0.2, 0) is 0 Å². The SMILES string of the molecule is NCC(CC1CC1)N1C=CC(C(F)F)=NC1. The second-order valence-electron chi connectivity index (χ2n) is 4.42. The lowest BCUT2D eigenvalue weighted by Crippen LogP contribution is -2.39. The highest BCUT2D eigenvalue weighted by Gasteiger charge is 2.28. The van der Waals surface area contributed by atoms with Crippen LogP contribution in [0.2, 0.25) is 0 Å². The molecule has 16 heavy (non-hydrogen) atoms. The number of hydrogen-bond acceptors (Lipinski definition) is 3. The van der Waals surface area contributed by atoms with E-state index in [1.54, 1.807) is 6.20 Å². The van der Waals surface area contributed by atoms with E-state index in [2.05, 4.69) is 4.99 Å². The number of allylic oxidation sites excluding steroid dienone is 1. The van der Waals surface area contributed by atoms with E-state index in [4.69, 9.17) is 5.73 Å². The van der Waals surface area contributed by atoms with E-state index in [1.807, 2.05) is 4.90 Å². The maximum Gasteiger partial charge on any atom is 0.280 e. The fourth-order valence-electron chi connectivity index (χ4n) is 1.92. The predicted molar refractivity (Wildman–Crippen MR) is 59.5 cm³/mol. The van der Waals surface area contributed by atoms with Gasteiger partial charge in [-0.05, 0) is 18.4 Å². The molecule has 0 aromatic rings. The summed E-state index contributed by atoms with van der Waals surface area (Å²) in [5.74, 6) is 0.780. The van der Waals surface area contributed by atoms with Crippen molar-refractivity contribution in [3.63, 3.8) is 0 Å². The van der Waals surface area contributed by atoms with Crippen molar-refractivity contribution in [2.24, 2.45) is 16.6 Å². The zero-order valence-corrected chi connectivity index (χ0v) is 9.15. The Balaban J connectivity index is 1.89. The number of rotatable bonds is 5. The van der Waals surface area contributed by atoms with E-state index in [1.165, 1.54) is 18.9 Å². The molecule has 1 saturated carbocycles. The van der Waals surface area contributed by atoms with Gasteiger partial charge in [-0.15, -0.1) is 0 Å². The summed E-state index contributed by atoms with van der Waals surface area (Å²) in [4.78, 5) is 5.82. The number of alkyl halides is 2. The predicted octanol–water partition coefficient (Wildman–Crippen LogP) is 1.61. The molecule has 0 aromatic carbocycles. The van der Waals surface area contributed by atoms with Gasteiger partial charge >= 0.3 is 0 Å². The Bertz CT molecular complexity index is 298. The van der Waals surface area contributed by atoms with Crippen molar-refractivity contribution in [3.8, 4) is 0 Å². The van der Waals surface area contributed by atoms with Gasteiger partial charge in [0, 0.05) is 18.8 Å². The lowest BCUT2D eigenvalue weighted by Gasteiger charge is -2.30. The standard InChI is InChI=1S/C11H17F2N3/c12-11(13)10-3-4-16(7-15-10)9(6-14)5-8-1-2-8/h3-4,8-9,11H,1-2,5-7,14H2. The highest BCUT2D eigenvalue weighted by molar-refractivity contribution is 5.97. The van der Waals surface area contributed by atoms with Crippen LogP contribution in [-0.4, -0.2) is 36.3 Å². The van der Waals surface area contributed by atoms with Crippen molar-refractivity contribution in [2.75, 3.05) is 13.2 Å². The number of aliphatic imine (C=N–C) groups is 1. The Kier molecular flexibility index (Phi) is 3.53. The van der Waals surface area contributed by atoms with Crippen LogP contribution in [0, 0.1) is 5.92 Å². The van der Waals surface area contributed by atoms with E-state index in [-0.39, 0.29) is 11.8 Å². The summed E-state index contributed by atoms with van der Waals surface area (Å²) in [6.07, 6.45) is 4.23. The Labute approximate surface area is 94.0 Å². The highest BCUT2D eigenvalue weighted by Crippen LogP contribution is 2.34. The van der Waals surface area contributed by atoms with Gasteiger partial charge in [0.05, 0.1) is 0 Å². The fourth-order valence-corrected chi connectivity index (χ4v) is 1.92. The van der Waals surface area contributed by atoms with Crippen LogP contribution in [0.4, 0.5) is 8.78 Å². The van der Waals surface area contributed by atoms with Crippen LogP contribution in [0.15, 0.2) is 17.3 Å². The molecular formula is C11H17F2N3. The van der Waals surface area contributed by atoms with Gasteiger partial charge in [-0.25, -0.2) is 8.78 Å². The van der Waals surface area contributed by atoms with Gasteiger partial charge in [-0.3, -0.25) is 4.99 Å². The van der Waals surface area contributed by atoms with Crippen LogP contribution in [0.25, 0.3) is 0 Å². The minimum Gasteiger partial charge on any atom is -0.354 e. The van der Waals surface area contributed by atoms with Gasteiger partial charge in [-0.1, -0.05) is 12.8 Å². The maximum atomic E-state index is 12.3. The van der Waals surface area contributed by atoms with Gasteiger partial charge in [0.25, 0.3) is 6.43 Å². The molecule has 0 aromatic heterocycles. The average molecular weight is 229 g/mol. The molecule has 5 heteroatoms. The molecule has 1 heterocycles. The number of nitrogens with zero attached hydrogens (tertiary/aromatic N) is 2. The molecule has 0 radical (unpaired) electrons. The van der Waals surface area contributed by atoms with Crippen molar-refractivity contribution in [1.29, 1.82) is 0 Å². The molecule has 0 saturated heterocycles. The second kappa shape index (κ2) is 4.91. The third-order valence-corrected chi connectivity index (χ3v) is 3.12. The van der Waals surface area contributed by atoms with E-state index in [0.29, 0.717) is 13.2 Å². The topological polar surface area (TPSA) is 41.6 Å². The lowest BCUT2D eigenvalue weighted by atomic mass is 10.1. The van der Waals surface area contributed by atoms with Crippen LogP contribution in [0.3, 0.4) is 0 Å². The molecule has 90 valence electrons. The zero-order chi connectivity index (χ0) is 11.5. The van der Waals surface area contributed by atoms with Gasteiger partial charge in [-0.2, -0.15) is 0 Å². The average Bonchev–Trinajstić information content (AvgIpc) is 3.10. The Morgan fingerprint density at radius 2 is 2.25 bits per heavy atom. The maximum absolute atomic E-state index is 12.3. The smallest absolute Gasteiger partial charge is 0.280 e. The monoisotopic (exact) mass is 229 g/mol. The van der Waals surface area contributed by atoms with E-state index in [0.717, 1.165) is 12.3 Å². The summed E-state index contributed by atoms with van der Waals surface area (Å²) in [5, 5.41) is 0. The molecule has 1 atom stereocenters. The van der Waals surface area contributed by atoms with E-state index < -0.39 is 6.43 Å². The van der Waals surface area contributed by atoms with Gasteiger partial charge in [0.15, 0.2) is 0 Å². The minimum absolute atomic E-state index is 0.126. The molecule has 1 aliphatic heterocycles. The summed E-state index contributed by atoms with van der Waals surface area (Å²) in [7, 11) is 0. The molecule has 0 amide bonds. The summed E-state index contributed by atoms with van der Waals surface area (Å²) in [5.41, 5.74) is 5.58. The first kappa shape index (κ1) is 11.5. The number of nitrogens with two attached hydrogens (primary N) is 1. The van der Waals surface area contributed by atoms with Crippen molar-refractivity contribution >= 4 is 5.71 Å². The van der Waals surface area contributed by atoms with Gasteiger partial charge < -0.3 is 10.6 Å². The highest BCUT2D eigenvalue weighted by atomic mass is 19.3. The molecule has 0 spiro atoms. The number of halogens is 2. The van der Waals surface area contributed by atoms with Gasteiger partial charge in [0.1, 0.15) is 12.4 Å². The molecule has 1 fully saturated rings. The normalized spacial score (nSPS) is 22.5. The molecular weight excluding hydrogens is 212 g/mol. The molecule has 2 N–H and O–H groups in total. The third kappa shape index (κ3) is 2.78. The number of hydrogen-bond donors (Lipinski definition) is 1. The summed E-state index contributed by atoms with van der Waals surface area (Å²) < 4.78 is 24.7. The van der Waals surface area contributed by atoms with Gasteiger partial charge in [0.2, 0.25) is 0 Å².